The molecule has 1 aliphatic carbocycles. The van der Waals surface area contributed by atoms with Crippen LogP contribution in [0.3, 0.4) is 0 Å². The van der Waals surface area contributed by atoms with Crippen LogP contribution in [-0.2, 0) is 19.4 Å². The summed E-state index contributed by atoms with van der Waals surface area (Å²) >= 11 is 0. The number of H-pyrrole nitrogens is 1. The normalized spacial score (nSPS) is 13.0. The third-order valence-electron chi connectivity index (χ3n) is 4.56. The van der Waals surface area contributed by atoms with Crippen molar-refractivity contribution in [3.05, 3.63) is 63.2 Å². The van der Waals surface area contributed by atoms with Gasteiger partial charge < -0.3 is 10.1 Å². The summed E-state index contributed by atoms with van der Waals surface area (Å²) in [6, 6.07) is 7.50. The van der Waals surface area contributed by atoms with Gasteiger partial charge in [-0.1, -0.05) is 18.2 Å². The number of nitrogens with zero attached hydrogens (tertiary/aromatic N) is 2. The van der Waals surface area contributed by atoms with Gasteiger partial charge in [-0.05, 0) is 25.3 Å². The number of fused-ring (bicyclic) bond motifs is 2. The second kappa shape index (κ2) is 6.08. The summed E-state index contributed by atoms with van der Waals surface area (Å²) in [5.41, 5.74) is 3.07. The van der Waals surface area contributed by atoms with Crippen molar-refractivity contribution >= 4 is 11.6 Å². The van der Waals surface area contributed by atoms with E-state index in [1.807, 2.05) is 24.3 Å². The van der Waals surface area contributed by atoms with E-state index in [1.54, 1.807) is 7.11 Å². The monoisotopic (exact) mass is 338 g/mol. The molecule has 25 heavy (non-hydrogen) atoms. The van der Waals surface area contributed by atoms with Crippen LogP contribution in [0.5, 0.6) is 5.75 Å². The number of nitrogens with one attached hydrogen (secondary N) is 2. The number of hydrogen-bond acceptors (Lipinski definition) is 4. The van der Waals surface area contributed by atoms with Gasteiger partial charge in [0.1, 0.15) is 11.3 Å². The molecule has 4 rings (SSSR count). The second-order valence-electron chi connectivity index (χ2n) is 6.04. The predicted molar refractivity (Wildman–Crippen MR) is 92.0 cm³/mol. The molecule has 0 unspecified atom stereocenters. The number of aromatic nitrogens is 3. The van der Waals surface area contributed by atoms with Crippen LogP contribution in [0.25, 0.3) is 5.65 Å². The van der Waals surface area contributed by atoms with E-state index >= 15 is 0 Å². The Kier molecular flexibility index (Phi) is 3.76. The van der Waals surface area contributed by atoms with Gasteiger partial charge in [-0.3, -0.25) is 14.7 Å². The Morgan fingerprint density at radius 3 is 3.04 bits per heavy atom. The molecule has 7 heteroatoms. The molecular weight excluding hydrogens is 320 g/mol. The van der Waals surface area contributed by atoms with Gasteiger partial charge in [-0.2, -0.15) is 0 Å². The zero-order valence-corrected chi connectivity index (χ0v) is 13.8. The molecule has 0 saturated carbocycles. The lowest BCUT2D eigenvalue weighted by Crippen LogP contribution is -2.24. The number of rotatable bonds is 4. The molecule has 3 aromatic rings. The van der Waals surface area contributed by atoms with Crippen molar-refractivity contribution in [1.29, 1.82) is 0 Å². The van der Waals surface area contributed by atoms with Crippen molar-refractivity contribution in [2.45, 2.75) is 25.8 Å². The minimum Gasteiger partial charge on any atom is -0.496 e. The molecule has 2 aromatic heterocycles. The predicted octanol–water partition coefficient (Wildman–Crippen LogP) is 1.45. The fourth-order valence-electron chi connectivity index (χ4n) is 3.27. The van der Waals surface area contributed by atoms with E-state index in [0.717, 1.165) is 36.1 Å². The summed E-state index contributed by atoms with van der Waals surface area (Å²) in [6.07, 6.45) is 3.99. The minimum absolute atomic E-state index is 0.110. The quantitative estimate of drug-likeness (QED) is 0.754. The first kappa shape index (κ1) is 15.4. The van der Waals surface area contributed by atoms with Crippen LogP contribution < -0.4 is 15.6 Å². The Labute approximate surface area is 143 Å². The number of benzene rings is 1. The zero-order valence-electron chi connectivity index (χ0n) is 13.8. The van der Waals surface area contributed by atoms with Gasteiger partial charge in [-0.25, -0.2) is 9.50 Å². The summed E-state index contributed by atoms with van der Waals surface area (Å²) in [6.45, 7) is 0.329. The number of amides is 1. The number of aromatic amines is 1. The highest BCUT2D eigenvalue weighted by molar-refractivity contribution is 5.99. The molecule has 2 heterocycles. The first-order valence-corrected chi connectivity index (χ1v) is 8.21. The number of ether oxygens (including phenoxy) is 1. The zero-order chi connectivity index (χ0) is 17.4. The van der Waals surface area contributed by atoms with Gasteiger partial charge in [0.2, 0.25) is 0 Å². The molecule has 128 valence electrons. The van der Waals surface area contributed by atoms with Crippen LogP contribution in [0, 0.1) is 0 Å². The van der Waals surface area contributed by atoms with E-state index in [0.29, 0.717) is 23.5 Å². The van der Waals surface area contributed by atoms with Gasteiger partial charge in [-0.15, -0.1) is 0 Å². The molecule has 0 saturated heterocycles. The number of aryl methyl sites for hydroxylation is 1. The maximum atomic E-state index is 12.6. The maximum absolute atomic E-state index is 12.6. The maximum Gasteiger partial charge on any atom is 0.276 e. The van der Waals surface area contributed by atoms with E-state index in [4.69, 9.17) is 4.74 Å². The standard InChI is InChI=1S/C18H18N4O3/c1-25-15-8-3-2-5-11(15)9-19-17(23)13-10-20-22-16(13)21-14-7-4-6-12(14)18(22)24/h2-3,5,8,10,20H,4,6-7,9H2,1H3,(H,19,23). The van der Waals surface area contributed by atoms with E-state index < -0.39 is 0 Å². The van der Waals surface area contributed by atoms with Crippen molar-refractivity contribution in [1.82, 2.24) is 19.9 Å². The molecule has 1 aromatic carbocycles. The molecule has 1 aliphatic rings. The van der Waals surface area contributed by atoms with Gasteiger partial charge in [0.25, 0.3) is 11.5 Å². The van der Waals surface area contributed by atoms with Gasteiger partial charge >= 0.3 is 0 Å². The summed E-state index contributed by atoms with van der Waals surface area (Å²) in [7, 11) is 1.59. The molecule has 0 spiro atoms. The highest BCUT2D eigenvalue weighted by atomic mass is 16.5. The van der Waals surface area contributed by atoms with Crippen LogP contribution in [0.1, 0.15) is 33.6 Å². The van der Waals surface area contributed by atoms with E-state index in [9.17, 15) is 9.59 Å². The van der Waals surface area contributed by atoms with Crippen LogP contribution in [0.2, 0.25) is 0 Å². The molecule has 0 atom stereocenters. The fourth-order valence-corrected chi connectivity index (χ4v) is 3.27. The molecular formula is C18H18N4O3. The van der Waals surface area contributed by atoms with Crippen LogP contribution >= 0.6 is 0 Å². The minimum atomic E-state index is -0.283. The first-order chi connectivity index (χ1) is 12.2. The Morgan fingerprint density at radius 1 is 1.36 bits per heavy atom. The Hall–Kier alpha value is -3.09. The van der Waals surface area contributed by atoms with Gasteiger partial charge in [0.15, 0.2) is 5.65 Å². The molecule has 1 amide bonds. The van der Waals surface area contributed by atoms with Crippen LogP contribution in [0.15, 0.2) is 35.3 Å². The smallest absolute Gasteiger partial charge is 0.276 e. The summed E-state index contributed by atoms with van der Waals surface area (Å²) in [4.78, 5) is 29.6. The molecule has 0 aliphatic heterocycles. The van der Waals surface area contributed by atoms with Crippen LogP contribution in [-0.4, -0.2) is 27.6 Å². The number of para-hydroxylation sites is 1. The van der Waals surface area contributed by atoms with Crippen LogP contribution in [0.4, 0.5) is 0 Å². The van der Waals surface area contributed by atoms with E-state index in [2.05, 4.69) is 15.4 Å². The first-order valence-electron chi connectivity index (χ1n) is 8.21. The van der Waals surface area contributed by atoms with Crippen molar-refractivity contribution in [2.75, 3.05) is 7.11 Å². The lowest BCUT2D eigenvalue weighted by Gasteiger charge is -2.09. The highest BCUT2D eigenvalue weighted by Gasteiger charge is 2.22. The summed E-state index contributed by atoms with van der Waals surface area (Å²) in [5.74, 6) is 0.434. The highest BCUT2D eigenvalue weighted by Crippen LogP contribution is 2.19. The van der Waals surface area contributed by atoms with Gasteiger partial charge in [0.05, 0.1) is 12.8 Å². The van der Waals surface area contributed by atoms with E-state index in [1.165, 1.54) is 10.7 Å². The largest absolute Gasteiger partial charge is 0.496 e. The molecule has 2 N–H and O–H groups in total. The number of methoxy groups -OCH3 is 1. The lowest BCUT2D eigenvalue weighted by molar-refractivity contribution is 0.0952. The van der Waals surface area contributed by atoms with Crippen molar-refractivity contribution in [3.63, 3.8) is 0 Å². The summed E-state index contributed by atoms with van der Waals surface area (Å²) < 4.78 is 6.64. The lowest BCUT2D eigenvalue weighted by atomic mass is 10.2. The molecule has 0 fully saturated rings. The van der Waals surface area contributed by atoms with Crippen molar-refractivity contribution in [3.8, 4) is 5.75 Å². The number of carbonyl (C=O) groups is 1. The van der Waals surface area contributed by atoms with E-state index in [-0.39, 0.29) is 11.5 Å². The van der Waals surface area contributed by atoms with Gasteiger partial charge in [0, 0.05) is 23.9 Å². The third kappa shape index (κ3) is 2.57. The average molecular weight is 338 g/mol. The fraction of sp³-hybridized carbons (Fsp3) is 0.278. The Bertz CT molecular complexity index is 1020. The molecule has 7 nitrogen and oxygen atoms in total. The Balaban J connectivity index is 1.63. The Morgan fingerprint density at radius 2 is 2.20 bits per heavy atom. The number of carbonyl (C=O) groups excluding carboxylic acids is 1. The van der Waals surface area contributed by atoms with Crippen molar-refractivity contribution < 1.29 is 9.53 Å². The second-order valence-corrected chi connectivity index (χ2v) is 6.04. The average Bonchev–Trinajstić information content (AvgIpc) is 3.27. The van der Waals surface area contributed by atoms with Crippen molar-refractivity contribution in [2.24, 2.45) is 0 Å². The summed E-state index contributed by atoms with van der Waals surface area (Å²) in [5, 5.41) is 5.71. The molecule has 0 bridgehead atoms. The topological polar surface area (TPSA) is 88.5 Å². The number of hydrogen-bond donors (Lipinski definition) is 2. The third-order valence-corrected chi connectivity index (χ3v) is 4.56. The SMILES string of the molecule is COc1ccccc1CNC(=O)c1c[nH]n2c(=O)c3c(nc12)CCC3. The molecule has 0 radical (unpaired) electrons.